The Kier molecular flexibility index (Phi) is 4.86. The maximum Gasteiger partial charge on any atom is 0.274 e. The topological polar surface area (TPSA) is 64.3 Å². The molecular weight excluding hydrogens is 251 g/mol. The molecule has 1 amide bonds. The summed E-state index contributed by atoms with van der Waals surface area (Å²) < 4.78 is 5.42. The third-order valence-electron chi connectivity index (χ3n) is 1.99. The predicted octanol–water partition coefficient (Wildman–Crippen LogP) is 2.14. The maximum atomic E-state index is 11.3. The van der Waals surface area contributed by atoms with Crippen LogP contribution in [0.3, 0.4) is 0 Å². The number of nitrogens with two attached hydrogens (primary N) is 1. The van der Waals surface area contributed by atoms with Gasteiger partial charge in [0.2, 0.25) is 0 Å². The van der Waals surface area contributed by atoms with Gasteiger partial charge in [-0.1, -0.05) is 36.2 Å². The first-order chi connectivity index (χ1) is 7.60. The molecule has 1 aromatic carbocycles. The summed E-state index contributed by atoms with van der Waals surface area (Å²) in [6.45, 7) is 1.80. The van der Waals surface area contributed by atoms with E-state index in [2.05, 4.69) is 0 Å². The van der Waals surface area contributed by atoms with E-state index in [1.54, 1.807) is 25.1 Å². The Hall–Kier alpha value is -0.970. The zero-order valence-corrected chi connectivity index (χ0v) is 10.2. The van der Waals surface area contributed by atoms with Gasteiger partial charge < -0.3 is 4.74 Å². The van der Waals surface area contributed by atoms with Crippen molar-refractivity contribution in [2.75, 3.05) is 0 Å². The van der Waals surface area contributed by atoms with E-state index in [9.17, 15) is 4.79 Å². The van der Waals surface area contributed by atoms with E-state index in [4.69, 9.17) is 33.8 Å². The average molecular weight is 263 g/mol. The van der Waals surface area contributed by atoms with Gasteiger partial charge in [0.05, 0.1) is 5.02 Å². The molecule has 0 aliphatic rings. The van der Waals surface area contributed by atoms with Crippen molar-refractivity contribution in [1.82, 2.24) is 5.43 Å². The molecule has 0 radical (unpaired) electrons. The van der Waals surface area contributed by atoms with E-state index in [0.29, 0.717) is 17.2 Å². The lowest BCUT2D eigenvalue weighted by atomic mass is 10.2. The summed E-state index contributed by atoms with van der Waals surface area (Å²) in [6.07, 6.45) is -0.202. The Morgan fingerprint density at radius 1 is 1.56 bits per heavy atom. The highest BCUT2D eigenvalue weighted by Gasteiger charge is 2.18. The molecule has 4 nitrogen and oxygen atoms in total. The van der Waals surface area contributed by atoms with Gasteiger partial charge in [-0.15, -0.1) is 0 Å². The molecule has 16 heavy (non-hydrogen) atoms. The number of rotatable bonds is 4. The minimum absolute atomic E-state index is 0.285. The first kappa shape index (κ1) is 13.1. The van der Waals surface area contributed by atoms with Crippen molar-refractivity contribution in [2.45, 2.75) is 19.4 Å². The monoisotopic (exact) mass is 262 g/mol. The van der Waals surface area contributed by atoms with Crippen molar-refractivity contribution in [1.29, 1.82) is 0 Å². The highest BCUT2D eigenvalue weighted by molar-refractivity contribution is 6.42. The molecule has 3 N–H and O–H groups in total. The van der Waals surface area contributed by atoms with Crippen molar-refractivity contribution in [3.05, 3.63) is 28.2 Å². The smallest absolute Gasteiger partial charge is 0.274 e. The predicted molar refractivity (Wildman–Crippen MR) is 63.5 cm³/mol. The van der Waals surface area contributed by atoms with Crippen LogP contribution in [0.5, 0.6) is 5.75 Å². The Morgan fingerprint density at radius 2 is 2.25 bits per heavy atom. The number of halogens is 2. The van der Waals surface area contributed by atoms with Crippen LogP contribution >= 0.6 is 23.2 Å². The fourth-order valence-corrected chi connectivity index (χ4v) is 1.48. The van der Waals surface area contributed by atoms with E-state index in [0.717, 1.165) is 0 Å². The number of carbonyl (C=O) groups is 1. The molecule has 0 aliphatic heterocycles. The second-order valence-corrected chi connectivity index (χ2v) is 3.86. The maximum absolute atomic E-state index is 11.3. The van der Waals surface area contributed by atoms with Crippen LogP contribution in [0.2, 0.25) is 10.0 Å². The third-order valence-corrected chi connectivity index (χ3v) is 2.79. The fourth-order valence-electron chi connectivity index (χ4n) is 1.14. The van der Waals surface area contributed by atoms with Crippen LogP contribution in [0.25, 0.3) is 0 Å². The zero-order valence-electron chi connectivity index (χ0n) is 8.67. The molecule has 0 fully saturated rings. The van der Waals surface area contributed by atoms with Crippen molar-refractivity contribution in [3.63, 3.8) is 0 Å². The van der Waals surface area contributed by atoms with Gasteiger partial charge in [0, 0.05) is 0 Å². The van der Waals surface area contributed by atoms with Crippen LogP contribution in [0.1, 0.15) is 13.3 Å². The van der Waals surface area contributed by atoms with Gasteiger partial charge in [-0.25, -0.2) is 5.84 Å². The van der Waals surface area contributed by atoms with Gasteiger partial charge in [0.25, 0.3) is 5.91 Å². The quantitative estimate of drug-likeness (QED) is 0.497. The average Bonchev–Trinajstić information content (AvgIpc) is 2.30. The van der Waals surface area contributed by atoms with Crippen LogP contribution in [-0.4, -0.2) is 12.0 Å². The molecular formula is C10H12Cl2N2O2. The highest BCUT2D eigenvalue weighted by Crippen LogP contribution is 2.32. The molecule has 6 heteroatoms. The zero-order chi connectivity index (χ0) is 12.1. The number of hydrazine groups is 1. The van der Waals surface area contributed by atoms with Crippen molar-refractivity contribution in [2.24, 2.45) is 5.84 Å². The van der Waals surface area contributed by atoms with Crippen molar-refractivity contribution < 1.29 is 9.53 Å². The van der Waals surface area contributed by atoms with Gasteiger partial charge in [0.15, 0.2) is 6.10 Å². The molecule has 1 rings (SSSR count). The molecule has 0 saturated heterocycles. The SMILES string of the molecule is CC[C@@H](Oc1cccc(Cl)c1Cl)C(=O)NN. The molecule has 0 aliphatic carbocycles. The Labute approximate surface area is 104 Å². The number of hydrogen-bond donors (Lipinski definition) is 2. The highest BCUT2D eigenvalue weighted by atomic mass is 35.5. The minimum atomic E-state index is -0.680. The number of hydrogen-bond acceptors (Lipinski definition) is 3. The van der Waals surface area contributed by atoms with Crippen LogP contribution in [0, 0.1) is 0 Å². The summed E-state index contributed by atoms with van der Waals surface area (Å²) in [7, 11) is 0. The summed E-state index contributed by atoms with van der Waals surface area (Å²) in [6, 6.07) is 4.97. The summed E-state index contributed by atoms with van der Waals surface area (Å²) in [5.41, 5.74) is 2.03. The van der Waals surface area contributed by atoms with Gasteiger partial charge in [-0.3, -0.25) is 10.2 Å². The second kappa shape index (κ2) is 5.94. The van der Waals surface area contributed by atoms with Crippen molar-refractivity contribution >= 4 is 29.1 Å². The normalized spacial score (nSPS) is 12.0. The number of carbonyl (C=O) groups excluding carboxylic acids is 1. The first-order valence-electron chi connectivity index (χ1n) is 4.71. The van der Waals surface area contributed by atoms with E-state index >= 15 is 0 Å². The number of ether oxygens (including phenoxy) is 1. The molecule has 0 spiro atoms. The molecule has 0 aromatic heterocycles. The largest absolute Gasteiger partial charge is 0.479 e. The standard InChI is InChI=1S/C10H12Cl2N2O2/c1-2-7(10(15)14-13)16-8-5-3-4-6(11)9(8)12/h3-5,7H,2,13H2,1H3,(H,14,15)/t7-/m1/s1. The van der Waals surface area contributed by atoms with Crippen LogP contribution in [0.4, 0.5) is 0 Å². The van der Waals surface area contributed by atoms with E-state index in [-0.39, 0.29) is 5.02 Å². The van der Waals surface area contributed by atoms with Gasteiger partial charge in [-0.05, 0) is 18.6 Å². The fraction of sp³-hybridized carbons (Fsp3) is 0.300. The lowest BCUT2D eigenvalue weighted by Crippen LogP contribution is -2.41. The number of nitrogens with one attached hydrogen (secondary N) is 1. The summed E-state index contributed by atoms with van der Waals surface area (Å²) in [4.78, 5) is 11.3. The molecule has 1 atom stereocenters. The lowest BCUT2D eigenvalue weighted by molar-refractivity contribution is -0.128. The molecule has 88 valence electrons. The lowest BCUT2D eigenvalue weighted by Gasteiger charge is -2.16. The first-order valence-corrected chi connectivity index (χ1v) is 5.46. The Morgan fingerprint density at radius 3 is 2.81 bits per heavy atom. The van der Waals surface area contributed by atoms with Crippen LogP contribution in [-0.2, 0) is 4.79 Å². The van der Waals surface area contributed by atoms with Gasteiger partial charge in [0.1, 0.15) is 10.8 Å². The van der Waals surface area contributed by atoms with Crippen LogP contribution in [0.15, 0.2) is 18.2 Å². The second-order valence-electron chi connectivity index (χ2n) is 3.08. The number of amides is 1. The third kappa shape index (κ3) is 3.01. The molecule has 1 aromatic rings. The Bertz CT molecular complexity index is 385. The summed E-state index contributed by atoms with van der Waals surface area (Å²) in [5.74, 6) is 4.99. The summed E-state index contributed by atoms with van der Waals surface area (Å²) >= 11 is 11.7. The van der Waals surface area contributed by atoms with Gasteiger partial charge >= 0.3 is 0 Å². The van der Waals surface area contributed by atoms with Gasteiger partial charge in [-0.2, -0.15) is 0 Å². The summed E-state index contributed by atoms with van der Waals surface area (Å²) in [5, 5.41) is 0.662. The Balaban J connectivity index is 2.86. The van der Waals surface area contributed by atoms with Crippen molar-refractivity contribution in [3.8, 4) is 5.75 Å². The molecule has 0 saturated carbocycles. The minimum Gasteiger partial charge on any atom is -0.479 e. The van der Waals surface area contributed by atoms with Crippen LogP contribution < -0.4 is 16.0 Å². The molecule has 0 heterocycles. The molecule has 0 unspecified atom stereocenters. The van der Waals surface area contributed by atoms with E-state index < -0.39 is 12.0 Å². The number of benzene rings is 1. The van der Waals surface area contributed by atoms with E-state index in [1.807, 2.05) is 5.43 Å². The molecule has 0 bridgehead atoms. The van der Waals surface area contributed by atoms with E-state index in [1.165, 1.54) is 0 Å².